The van der Waals surface area contributed by atoms with Gasteiger partial charge in [-0.25, -0.2) is 8.42 Å². The lowest BCUT2D eigenvalue weighted by molar-refractivity contribution is -0.120. The first-order chi connectivity index (χ1) is 14.9. The van der Waals surface area contributed by atoms with Crippen LogP contribution in [-0.4, -0.2) is 43.7 Å². The van der Waals surface area contributed by atoms with Crippen LogP contribution in [0.1, 0.15) is 38.2 Å². The van der Waals surface area contributed by atoms with Crippen LogP contribution in [0.3, 0.4) is 0 Å². The quantitative estimate of drug-likeness (QED) is 0.645. The third-order valence-corrected chi connectivity index (χ3v) is 7.50. The lowest BCUT2D eigenvalue weighted by atomic mass is 9.67. The Labute approximate surface area is 188 Å². The van der Waals surface area contributed by atoms with Crippen LogP contribution in [0.4, 0.5) is 5.69 Å². The lowest BCUT2D eigenvalue weighted by Gasteiger charge is -2.52. The van der Waals surface area contributed by atoms with E-state index in [1.54, 1.807) is 24.3 Å². The smallest absolute Gasteiger partial charge is 0.291 e. The van der Waals surface area contributed by atoms with Gasteiger partial charge in [-0.1, -0.05) is 34.3 Å². The molecule has 0 bridgehead atoms. The molecule has 2 heterocycles. The van der Waals surface area contributed by atoms with Gasteiger partial charge in [-0.2, -0.15) is 4.31 Å². The molecule has 0 aliphatic carbocycles. The van der Waals surface area contributed by atoms with Crippen LogP contribution >= 0.6 is 0 Å². The Bertz CT molecular complexity index is 1090. The molecule has 1 fully saturated rings. The van der Waals surface area contributed by atoms with Gasteiger partial charge in [0.05, 0.1) is 11.2 Å². The molecule has 0 radical (unpaired) electrons. The Morgan fingerprint density at radius 2 is 1.69 bits per heavy atom. The van der Waals surface area contributed by atoms with Gasteiger partial charge in [0.1, 0.15) is 0 Å². The molecule has 2 amide bonds. The van der Waals surface area contributed by atoms with E-state index in [2.05, 4.69) is 17.2 Å². The maximum atomic E-state index is 13.4. The van der Waals surface area contributed by atoms with Crippen LogP contribution in [0, 0.1) is 10.8 Å². The zero-order chi connectivity index (χ0) is 23.7. The van der Waals surface area contributed by atoms with Crippen LogP contribution in [0.15, 0.2) is 64.6 Å². The Hall–Kier alpha value is -2.91. The van der Waals surface area contributed by atoms with Crippen molar-refractivity contribution in [1.29, 1.82) is 0 Å². The number of rotatable bonds is 6. The summed E-state index contributed by atoms with van der Waals surface area (Å²) in [5, 5.41) is 5.64. The van der Waals surface area contributed by atoms with E-state index in [1.807, 2.05) is 27.7 Å². The maximum absolute atomic E-state index is 13.4. The van der Waals surface area contributed by atoms with Crippen molar-refractivity contribution in [2.75, 3.05) is 18.4 Å². The summed E-state index contributed by atoms with van der Waals surface area (Å²) < 4.78 is 33.3. The number of nitrogens with zero attached hydrogens (tertiary/aromatic N) is 1. The van der Waals surface area contributed by atoms with Crippen molar-refractivity contribution in [2.24, 2.45) is 10.8 Å². The first kappa shape index (κ1) is 23.7. The van der Waals surface area contributed by atoms with Crippen LogP contribution in [0.25, 0.3) is 0 Å². The van der Waals surface area contributed by atoms with E-state index < -0.39 is 26.8 Å². The highest BCUT2D eigenvalue weighted by atomic mass is 32.2. The molecule has 172 valence electrons. The summed E-state index contributed by atoms with van der Waals surface area (Å²) in [5.74, 6) is -0.532. The van der Waals surface area contributed by atoms with Crippen LogP contribution in [-0.2, 0) is 14.8 Å². The molecule has 0 spiro atoms. The molecule has 0 atom stereocenters. The van der Waals surface area contributed by atoms with Gasteiger partial charge in [-0.3, -0.25) is 9.59 Å². The number of benzene rings is 1. The van der Waals surface area contributed by atoms with E-state index in [1.165, 1.54) is 28.8 Å². The molecule has 8 nitrogen and oxygen atoms in total. The van der Waals surface area contributed by atoms with Crippen molar-refractivity contribution in [3.05, 3.63) is 61.1 Å². The van der Waals surface area contributed by atoms with Crippen LogP contribution in [0.5, 0.6) is 0 Å². The number of carbonyl (C=O) groups excluding carboxylic acids is 2. The van der Waals surface area contributed by atoms with Gasteiger partial charge >= 0.3 is 0 Å². The second kappa shape index (κ2) is 8.55. The minimum atomic E-state index is -3.78. The molecule has 0 saturated carbocycles. The van der Waals surface area contributed by atoms with Crippen molar-refractivity contribution >= 4 is 27.5 Å². The van der Waals surface area contributed by atoms with E-state index in [9.17, 15) is 18.0 Å². The van der Waals surface area contributed by atoms with Gasteiger partial charge in [0.25, 0.3) is 5.91 Å². The topological polar surface area (TPSA) is 109 Å². The molecule has 2 aromatic rings. The minimum Gasteiger partial charge on any atom is -0.459 e. The summed E-state index contributed by atoms with van der Waals surface area (Å²) in [5.41, 5.74) is -0.564. The standard InChI is InChI=1S/C23H29N3O5S/c1-6-19(27)25-21-22(2,3)14-26(15-23(21,4)5)32(29,30)17-11-9-16(10-12-17)24-20(28)18-8-7-13-31-18/h6-13,21H,1,14-15H2,2-5H3,(H,24,28)(H,25,27). The number of amides is 2. The Morgan fingerprint density at radius 3 is 2.19 bits per heavy atom. The van der Waals surface area contributed by atoms with Gasteiger partial charge in [0.15, 0.2) is 5.76 Å². The molecule has 1 aliphatic rings. The molecule has 32 heavy (non-hydrogen) atoms. The van der Waals surface area contributed by atoms with Crippen molar-refractivity contribution in [3.63, 3.8) is 0 Å². The van der Waals surface area contributed by atoms with Crippen LogP contribution in [0.2, 0.25) is 0 Å². The highest BCUT2D eigenvalue weighted by molar-refractivity contribution is 7.89. The first-order valence-corrected chi connectivity index (χ1v) is 11.7. The SMILES string of the molecule is C=CC(=O)NC1C(C)(C)CN(S(=O)(=O)c2ccc(NC(=O)c3ccco3)cc2)CC1(C)C. The largest absolute Gasteiger partial charge is 0.459 e. The van der Waals surface area contributed by atoms with Crippen molar-refractivity contribution in [1.82, 2.24) is 9.62 Å². The zero-order valence-corrected chi connectivity index (χ0v) is 19.5. The third-order valence-electron chi connectivity index (χ3n) is 5.70. The van der Waals surface area contributed by atoms with E-state index in [0.717, 1.165) is 0 Å². The number of hydrogen-bond donors (Lipinski definition) is 2. The predicted molar refractivity (Wildman–Crippen MR) is 122 cm³/mol. The number of hydrogen-bond acceptors (Lipinski definition) is 5. The van der Waals surface area contributed by atoms with Gasteiger partial charge in [0, 0.05) is 24.8 Å². The number of sulfonamides is 1. The Morgan fingerprint density at radius 1 is 1.09 bits per heavy atom. The van der Waals surface area contributed by atoms with E-state index in [-0.39, 0.29) is 35.7 Å². The minimum absolute atomic E-state index is 0.133. The van der Waals surface area contributed by atoms with Gasteiger partial charge in [-0.05, 0) is 53.3 Å². The van der Waals surface area contributed by atoms with E-state index in [0.29, 0.717) is 5.69 Å². The van der Waals surface area contributed by atoms with Gasteiger partial charge < -0.3 is 15.1 Å². The second-order valence-corrected chi connectivity index (χ2v) is 11.3. The summed E-state index contributed by atoms with van der Waals surface area (Å²) in [6, 6.07) is 8.95. The monoisotopic (exact) mass is 459 g/mol. The van der Waals surface area contributed by atoms with Crippen molar-refractivity contribution in [2.45, 2.75) is 38.6 Å². The first-order valence-electron chi connectivity index (χ1n) is 10.2. The number of carbonyl (C=O) groups is 2. The fourth-order valence-electron chi connectivity index (χ4n) is 4.43. The number of furan rings is 1. The summed E-state index contributed by atoms with van der Waals surface area (Å²) in [7, 11) is -3.78. The second-order valence-electron chi connectivity index (χ2n) is 9.35. The van der Waals surface area contributed by atoms with Gasteiger partial charge in [0.2, 0.25) is 15.9 Å². The fraction of sp³-hybridized carbons (Fsp3) is 0.391. The predicted octanol–water partition coefficient (Wildman–Crippen LogP) is 3.26. The number of piperidine rings is 1. The fourth-order valence-corrected chi connectivity index (χ4v) is 6.21. The molecule has 2 N–H and O–H groups in total. The molecule has 9 heteroatoms. The Balaban J connectivity index is 1.79. The average Bonchev–Trinajstić information content (AvgIpc) is 3.25. The number of anilines is 1. The van der Waals surface area contributed by atoms with Gasteiger partial charge in [-0.15, -0.1) is 0 Å². The highest BCUT2D eigenvalue weighted by Crippen LogP contribution is 2.42. The maximum Gasteiger partial charge on any atom is 0.291 e. The normalized spacial score (nSPS) is 18.6. The zero-order valence-electron chi connectivity index (χ0n) is 18.7. The average molecular weight is 460 g/mol. The van der Waals surface area contributed by atoms with E-state index in [4.69, 9.17) is 4.42 Å². The van der Waals surface area contributed by atoms with Crippen LogP contribution < -0.4 is 10.6 Å². The molecule has 1 aliphatic heterocycles. The molecular weight excluding hydrogens is 430 g/mol. The summed E-state index contributed by atoms with van der Waals surface area (Å²) in [6.07, 6.45) is 2.63. The summed E-state index contributed by atoms with van der Waals surface area (Å²) in [4.78, 5) is 24.2. The molecule has 1 saturated heterocycles. The lowest BCUT2D eigenvalue weighted by Crippen LogP contribution is -2.64. The molecule has 3 rings (SSSR count). The third kappa shape index (κ3) is 4.78. The Kier molecular flexibility index (Phi) is 6.35. The summed E-state index contributed by atoms with van der Waals surface area (Å²) >= 11 is 0. The molecular formula is C23H29N3O5S. The summed E-state index contributed by atoms with van der Waals surface area (Å²) in [6.45, 7) is 11.8. The molecule has 1 aromatic carbocycles. The molecule has 0 unspecified atom stereocenters. The highest BCUT2D eigenvalue weighted by Gasteiger charge is 2.50. The van der Waals surface area contributed by atoms with Crippen molar-refractivity contribution < 1.29 is 22.4 Å². The van der Waals surface area contributed by atoms with Crippen molar-refractivity contribution in [3.8, 4) is 0 Å². The van der Waals surface area contributed by atoms with E-state index >= 15 is 0 Å². The molecule has 1 aromatic heterocycles. The number of nitrogens with one attached hydrogen (secondary N) is 2.